The van der Waals surface area contributed by atoms with Crippen molar-refractivity contribution >= 4 is 11.3 Å². The molecule has 1 unspecified atom stereocenters. The van der Waals surface area contributed by atoms with Gasteiger partial charge in [0.15, 0.2) is 0 Å². The molecule has 0 radical (unpaired) electrons. The van der Waals surface area contributed by atoms with Crippen molar-refractivity contribution in [3.05, 3.63) is 51.7 Å². The summed E-state index contributed by atoms with van der Waals surface area (Å²) < 4.78 is 14.2. The van der Waals surface area contributed by atoms with Crippen LogP contribution in [-0.4, -0.2) is 11.0 Å². The van der Waals surface area contributed by atoms with Gasteiger partial charge >= 0.3 is 0 Å². The van der Waals surface area contributed by atoms with E-state index in [1.165, 1.54) is 18.9 Å². The third-order valence-corrected chi connectivity index (χ3v) is 4.64. The molecule has 112 valence electrons. The molecule has 0 aliphatic heterocycles. The second kappa shape index (κ2) is 5.50. The van der Waals surface area contributed by atoms with Crippen molar-refractivity contribution in [1.82, 2.24) is 10.3 Å². The monoisotopic (exact) mass is 304 g/mol. The highest BCUT2D eigenvalue weighted by atomic mass is 32.1. The van der Waals surface area contributed by atoms with E-state index >= 15 is 0 Å². The van der Waals surface area contributed by atoms with Gasteiger partial charge in [-0.1, -0.05) is 39.0 Å². The Morgan fingerprint density at radius 2 is 2.00 bits per heavy atom. The smallest absolute Gasteiger partial charge is 0.128 e. The van der Waals surface area contributed by atoms with Crippen LogP contribution in [0.25, 0.3) is 0 Å². The first-order chi connectivity index (χ1) is 9.95. The van der Waals surface area contributed by atoms with Gasteiger partial charge in [0.2, 0.25) is 0 Å². The highest BCUT2D eigenvalue weighted by Crippen LogP contribution is 2.33. The predicted molar refractivity (Wildman–Crippen MR) is 85.2 cm³/mol. The van der Waals surface area contributed by atoms with Gasteiger partial charge < -0.3 is 5.32 Å². The van der Waals surface area contributed by atoms with Crippen LogP contribution in [-0.2, 0) is 5.41 Å². The molecule has 2 nitrogen and oxygen atoms in total. The summed E-state index contributed by atoms with van der Waals surface area (Å²) in [4.78, 5) is 4.77. The standard InChI is InChI=1S/C17H21FN2S/c1-17(2,3)14-10-21-16(20-14)15(19-11-8-9-11)12-6-4-5-7-13(12)18/h4-7,10-11,15,19H,8-9H2,1-3H3. The fourth-order valence-electron chi connectivity index (χ4n) is 2.25. The summed E-state index contributed by atoms with van der Waals surface area (Å²) in [5.74, 6) is -0.164. The van der Waals surface area contributed by atoms with Gasteiger partial charge in [-0.05, 0) is 18.9 Å². The Morgan fingerprint density at radius 1 is 1.29 bits per heavy atom. The van der Waals surface area contributed by atoms with E-state index in [0.717, 1.165) is 10.7 Å². The Bertz CT molecular complexity index is 626. The highest BCUT2D eigenvalue weighted by molar-refractivity contribution is 7.09. The molecule has 0 saturated heterocycles. The molecule has 1 heterocycles. The molecular formula is C17H21FN2S. The van der Waals surface area contributed by atoms with E-state index in [1.54, 1.807) is 17.4 Å². The van der Waals surface area contributed by atoms with Gasteiger partial charge in [0.05, 0.1) is 11.7 Å². The Hall–Kier alpha value is -1.26. The van der Waals surface area contributed by atoms with E-state index in [1.807, 2.05) is 12.1 Å². The summed E-state index contributed by atoms with van der Waals surface area (Å²) in [6, 6.07) is 7.35. The lowest BCUT2D eigenvalue weighted by Gasteiger charge is -2.18. The zero-order chi connectivity index (χ0) is 15.0. The molecule has 21 heavy (non-hydrogen) atoms. The van der Waals surface area contributed by atoms with Crippen LogP contribution in [0.3, 0.4) is 0 Å². The molecule has 1 atom stereocenters. The highest BCUT2D eigenvalue weighted by Gasteiger charge is 2.30. The molecule has 1 fully saturated rings. The van der Waals surface area contributed by atoms with Crippen LogP contribution in [0, 0.1) is 5.82 Å². The Labute approximate surface area is 129 Å². The van der Waals surface area contributed by atoms with E-state index in [-0.39, 0.29) is 17.3 Å². The zero-order valence-electron chi connectivity index (χ0n) is 12.7. The van der Waals surface area contributed by atoms with Crippen LogP contribution in [0.5, 0.6) is 0 Å². The summed E-state index contributed by atoms with van der Waals surface area (Å²) in [5.41, 5.74) is 1.79. The van der Waals surface area contributed by atoms with Gasteiger partial charge in [0.25, 0.3) is 0 Å². The van der Waals surface area contributed by atoms with Crippen molar-refractivity contribution < 1.29 is 4.39 Å². The first kappa shape index (κ1) is 14.7. The number of halogens is 1. The minimum absolute atomic E-state index is 0.0219. The average molecular weight is 304 g/mol. The van der Waals surface area contributed by atoms with Crippen LogP contribution >= 0.6 is 11.3 Å². The SMILES string of the molecule is CC(C)(C)c1csc(C(NC2CC2)c2ccccc2F)n1. The molecule has 1 aromatic heterocycles. The molecule has 0 spiro atoms. The van der Waals surface area contributed by atoms with Crippen LogP contribution in [0.15, 0.2) is 29.6 Å². The van der Waals surface area contributed by atoms with Crippen LogP contribution in [0.2, 0.25) is 0 Å². The lowest BCUT2D eigenvalue weighted by atomic mass is 9.93. The van der Waals surface area contributed by atoms with Gasteiger partial charge in [0, 0.05) is 22.4 Å². The van der Waals surface area contributed by atoms with E-state index in [2.05, 4.69) is 31.5 Å². The first-order valence-electron chi connectivity index (χ1n) is 7.41. The number of aromatic nitrogens is 1. The molecule has 0 bridgehead atoms. The Kier molecular flexibility index (Phi) is 3.84. The Morgan fingerprint density at radius 3 is 2.57 bits per heavy atom. The van der Waals surface area contributed by atoms with Gasteiger partial charge in [-0.3, -0.25) is 0 Å². The predicted octanol–water partition coefficient (Wildman–Crippen LogP) is 4.42. The van der Waals surface area contributed by atoms with Crippen LogP contribution < -0.4 is 5.32 Å². The van der Waals surface area contributed by atoms with Gasteiger partial charge in [-0.25, -0.2) is 9.37 Å². The lowest BCUT2D eigenvalue weighted by molar-refractivity contribution is 0.535. The maximum absolute atomic E-state index is 14.2. The molecule has 4 heteroatoms. The second-order valence-electron chi connectivity index (χ2n) is 6.72. The largest absolute Gasteiger partial charge is 0.301 e. The molecule has 1 N–H and O–H groups in total. The zero-order valence-corrected chi connectivity index (χ0v) is 13.5. The third-order valence-electron chi connectivity index (χ3n) is 3.73. The van der Waals surface area contributed by atoms with Crippen molar-refractivity contribution in [3.63, 3.8) is 0 Å². The van der Waals surface area contributed by atoms with Gasteiger partial charge in [-0.15, -0.1) is 11.3 Å². The summed E-state index contributed by atoms with van der Waals surface area (Å²) in [5, 5.41) is 6.59. The summed E-state index contributed by atoms with van der Waals surface area (Å²) >= 11 is 1.62. The fourth-order valence-corrected chi connectivity index (χ4v) is 3.37. The van der Waals surface area contributed by atoms with Crippen molar-refractivity contribution in [3.8, 4) is 0 Å². The van der Waals surface area contributed by atoms with E-state index < -0.39 is 0 Å². The quantitative estimate of drug-likeness (QED) is 0.904. The van der Waals surface area contributed by atoms with E-state index in [0.29, 0.717) is 11.6 Å². The average Bonchev–Trinajstić information content (AvgIpc) is 3.09. The van der Waals surface area contributed by atoms with Crippen molar-refractivity contribution in [2.75, 3.05) is 0 Å². The summed E-state index contributed by atoms with van der Waals surface area (Å²) in [7, 11) is 0. The maximum atomic E-state index is 14.2. The van der Waals surface area contributed by atoms with Crippen LogP contribution in [0.4, 0.5) is 4.39 Å². The number of benzene rings is 1. The topological polar surface area (TPSA) is 24.9 Å². The van der Waals surface area contributed by atoms with Gasteiger partial charge in [-0.2, -0.15) is 0 Å². The lowest BCUT2D eigenvalue weighted by Crippen LogP contribution is -2.25. The van der Waals surface area contributed by atoms with Crippen LogP contribution in [0.1, 0.15) is 55.9 Å². The minimum Gasteiger partial charge on any atom is -0.301 e. The molecule has 1 aliphatic carbocycles. The number of nitrogens with zero attached hydrogens (tertiary/aromatic N) is 1. The van der Waals surface area contributed by atoms with E-state index in [4.69, 9.17) is 4.98 Å². The Balaban J connectivity index is 1.96. The molecule has 1 aromatic carbocycles. The number of thiazole rings is 1. The molecule has 1 aliphatic rings. The third kappa shape index (κ3) is 3.33. The number of nitrogens with one attached hydrogen (secondary N) is 1. The minimum atomic E-state index is -0.164. The number of hydrogen-bond donors (Lipinski definition) is 1. The maximum Gasteiger partial charge on any atom is 0.128 e. The van der Waals surface area contributed by atoms with E-state index in [9.17, 15) is 4.39 Å². The molecular weight excluding hydrogens is 283 g/mol. The molecule has 0 amide bonds. The number of rotatable bonds is 4. The summed E-state index contributed by atoms with van der Waals surface area (Å²) in [6.07, 6.45) is 2.34. The van der Waals surface area contributed by atoms with Crippen molar-refractivity contribution in [2.45, 2.75) is 51.1 Å². The number of hydrogen-bond acceptors (Lipinski definition) is 3. The van der Waals surface area contributed by atoms with Gasteiger partial charge in [0.1, 0.15) is 10.8 Å². The summed E-state index contributed by atoms with van der Waals surface area (Å²) in [6.45, 7) is 6.45. The first-order valence-corrected chi connectivity index (χ1v) is 8.29. The molecule has 2 aromatic rings. The molecule has 1 saturated carbocycles. The normalized spacial score (nSPS) is 17.0. The van der Waals surface area contributed by atoms with Crippen molar-refractivity contribution in [1.29, 1.82) is 0 Å². The fraction of sp³-hybridized carbons (Fsp3) is 0.471. The second-order valence-corrected chi connectivity index (χ2v) is 7.61. The van der Waals surface area contributed by atoms with Crippen molar-refractivity contribution in [2.24, 2.45) is 0 Å². The molecule has 3 rings (SSSR count).